The first kappa shape index (κ1) is 20.3. The second kappa shape index (κ2) is 9.66. The number of hydrogen-bond acceptors (Lipinski definition) is 4. The maximum atomic E-state index is 11.6. The second-order valence-electron chi connectivity index (χ2n) is 6.64. The van der Waals surface area contributed by atoms with Gasteiger partial charge in [-0.2, -0.15) is 0 Å². The molecule has 0 saturated heterocycles. The highest BCUT2D eigenvalue weighted by Gasteiger charge is 2.20. The van der Waals surface area contributed by atoms with Crippen LogP contribution >= 0.6 is 0 Å². The summed E-state index contributed by atoms with van der Waals surface area (Å²) in [5.74, 6) is -0.422. The van der Waals surface area contributed by atoms with Crippen LogP contribution in [0.2, 0.25) is 0 Å². The number of imidazole rings is 1. The number of ketones is 1. The lowest BCUT2D eigenvalue weighted by atomic mass is 9.98. The Morgan fingerprint density at radius 1 is 1.14 bits per heavy atom. The Hall–Kier alpha value is -3.44. The number of hydrogen-bond donors (Lipinski definition) is 2. The molecule has 0 aliphatic carbocycles. The van der Waals surface area contributed by atoms with Crippen molar-refractivity contribution in [3.8, 4) is 0 Å². The molecule has 2 aromatic carbocycles. The van der Waals surface area contributed by atoms with Gasteiger partial charge in [0.1, 0.15) is 5.82 Å². The molecule has 5 heteroatoms. The summed E-state index contributed by atoms with van der Waals surface area (Å²) in [6.45, 7) is 5.48. The number of nitrogens with one attached hydrogen (secondary N) is 1. The summed E-state index contributed by atoms with van der Waals surface area (Å²) in [6.07, 6.45) is 6.63. The van der Waals surface area contributed by atoms with Crippen molar-refractivity contribution in [2.75, 3.05) is 0 Å². The van der Waals surface area contributed by atoms with Crippen LogP contribution in [0.3, 0.4) is 0 Å². The Balaban J connectivity index is 1.95. The van der Waals surface area contributed by atoms with E-state index in [-0.39, 0.29) is 18.0 Å². The number of allylic oxidation sites excluding steroid dienone is 1. The monoisotopic (exact) mass is 387 g/mol. The molecule has 1 aromatic heterocycles. The summed E-state index contributed by atoms with van der Waals surface area (Å²) in [5.41, 5.74) is 2.30. The largest absolute Gasteiger partial charge is 0.504 e. The highest BCUT2D eigenvalue weighted by Crippen LogP contribution is 2.26. The van der Waals surface area contributed by atoms with E-state index in [4.69, 9.17) is 0 Å². The quantitative estimate of drug-likeness (QED) is 0.408. The SMILES string of the molecule is C=CC(=O)/C(O)=C/c1nccn1C(CC)NC(c1ccccc1)c1ccccc1. The maximum absolute atomic E-state index is 11.6. The molecule has 0 radical (unpaired) electrons. The van der Waals surface area contributed by atoms with E-state index in [0.29, 0.717) is 5.82 Å². The van der Waals surface area contributed by atoms with Crippen molar-refractivity contribution in [3.05, 3.63) is 108 Å². The van der Waals surface area contributed by atoms with E-state index in [9.17, 15) is 9.90 Å². The van der Waals surface area contributed by atoms with Crippen LogP contribution in [0.4, 0.5) is 0 Å². The van der Waals surface area contributed by atoms with E-state index >= 15 is 0 Å². The predicted octanol–water partition coefficient (Wildman–Crippen LogP) is 4.82. The van der Waals surface area contributed by atoms with Gasteiger partial charge in [-0.1, -0.05) is 74.2 Å². The number of aliphatic hydroxyl groups excluding tert-OH is 1. The van der Waals surface area contributed by atoms with Crippen LogP contribution in [0, 0.1) is 0 Å². The standard InChI is InChI=1S/C24H25N3O2/c1-3-20(28)21(29)17-23-25-15-16-27(23)22(4-2)26-24(18-11-7-5-8-12-18)19-13-9-6-10-14-19/h3,5-17,22,24,26,29H,1,4H2,2H3/b21-17-. The van der Waals surface area contributed by atoms with Gasteiger partial charge in [0, 0.05) is 18.5 Å². The number of aromatic nitrogens is 2. The lowest BCUT2D eigenvalue weighted by Crippen LogP contribution is -2.31. The maximum Gasteiger partial charge on any atom is 0.219 e. The molecular weight excluding hydrogens is 362 g/mol. The Kier molecular flexibility index (Phi) is 6.76. The molecule has 0 aliphatic rings. The van der Waals surface area contributed by atoms with Crippen molar-refractivity contribution in [2.45, 2.75) is 25.6 Å². The molecule has 0 amide bonds. The zero-order valence-electron chi connectivity index (χ0n) is 16.4. The van der Waals surface area contributed by atoms with E-state index in [1.54, 1.807) is 6.20 Å². The molecule has 0 aliphatic heterocycles. The van der Waals surface area contributed by atoms with Gasteiger partial charge >= 0.3 is 0 Å². The van der Waals surface area contributed by atoms with Crippen molar-refractivity contribution >= 4 is 11.9 Å². The average molecular weight is 387 g/mol. The predicted molar refractivity (Wildman–Crippen MR) is 115 cm³/mol. The topological polar surface area (TPSA) is 67.1 Å². The number of carbonyl (C=O) groups is 1. The summed E-state index contributed by atoms with van der Waals surface area (Å²) in [7, 11) is 0. The van der Waals surface area contributed by atoms with Gasteiger partial charge in [0.05, 0.1) is 12.2 Å². The molecule has 0 fully saturated rings. The van der Waals surface area contributed by atoms with Crippen LogP contribution in [-0.2, 0) is 4.79 Å². The van der Waals surface area contributed by atoms with Crippen LogP contribution in [0.5, 0.6) is 0 Å². The molecule has 5 nitrogen and oxygen atoms in total. The van der Waals surface area contributed by atoms with Crippen LogP contribution < -0.4 is 5.32 Å². The third kappa shape index (κ3) is 4.89. The first-order valence-corrected chi connectivity index (χ1v) is 9.60. The smallest absolute Gasteiger partial charge is 0.219 e. The summed E-state index contributed by atoms with van der Waals surface area (Å²) >= 11 is 0. The van der Waals surface area contributed by atoms with Gasteiger partial charge in [-0.05, 0) is 23.6 Å². The second-order valence-corrected chi connectivity index (χ2v) is 6.64. The summed E-state index contributed by atoms with van der Waals surface area (Å²) in [6, 6.07) is 20.5. The summed E-state index contributed by atoms with van der Waals surface area (Å²) in [5, 5.41) is 13.7. The minimum atomic E-state index is -0.535. The lowest BCUT2D eigenvalue weighted by Gasteiger charge is -2.27. The zero-order chi connectivity index (χ0) is 20.6. The first-order valence-electron chi connectivity index (χ1n) is 9.60. The fraction of sp³-hybridized carbons (Fsp3) is 0.167. The Labute approximate surface area is 171 Å². The van der Waals surface area contributed by atoms with Crippen molar-refractivity contribution in [1.29, 1.82) is 0 Å². The van der Waals surface area contributed by atoms with Crippen LogP contribution in [-0.4, -0.2) is 20.4 Å². The molecule has 3 rings (SSSR count). The Morgan fingerprint density at radius 2 is 1.72 bits per heavy atom. The van der Waals surface area contributed by atoms with Crippen molar-refractivity contribution < 1.29 is 9.90 Å². The molecule has 1 unspecified atom stereocenters. The number of carbonyl (C=O) groups excluding carboxylic acids is 1. The summed E-state index contributed by atoms with van der Waals surface area (Å²) in [4.78, 5) is 15.9. The molecule has 29 heavy (non-hydrogen) atoms. The first-order chi connectivity index (χ1) is 14.1. The molecule has 1 atom stereocenters. The fourth-order valence-electron chi connectivity index (χ4n) is 3.26. The number of nitrogens with zero attached hydrogens (tertiary/aromatic N) is 2. The molecule has 0 spiro atoms. The lowest BCUT2D eigenvalue weighted by molar-refractivity contribution is -0.113. The van der Waals surface area contributed by atoms with Crippen LogP contribution in [0.25, 0.3) is 6.08 Å². The van der Waals surface area contributed by atoms with E-state index in [1.807, 2.05) is 47.2 Å². The molecular formula is C24H25N3O2. The van der Waals surface area contributed by atoms with Gasteiger partial charge in [0.25, 0.3) is 0 Å². The zero-order valence-corrected chi connectivity index (χ0v) is 16.4. The van der Waals surface area contributed by atoms with Crippen molar-refractivity contribution in [2.24, 2.45) is 0 Å². The number of rotatable bonds is 9. The van der Waals surface area contributed by atoms with E-state index in [2.05, 4.69) is 48.1 Å². The Bertz CT molecular complexity index is 938. The highest BCUT2D eigenvalue weighted by atomic mass is 16.3. The summed E-state index contributed by atoms with van der Waals surface area (Å²) < 4.78 is 1.92. The van der Waals surface area contributed by atoms with Crippen LogP contribution in [0.1, 0.15) is 42.5 Å². The van der Waals surface area contributed by atoms with E-state index in [0.717, 1.165) is 23.6 Å². The third-order valence-electron chi connectivity index (χ3n) is 4.75. The van der Waals surface area contributed by atoms with Gasteiger partial charge in [-0.25, -0.2) is 4.98 Å². The van der Waals surface area contributed by atoms with Gasteiger partial charge < -0.3 is 9.67 Å². The molecule has 0 saturated carbocycles. The van der Waals surface area contributed by atoms with Crippen molar-refractivity contribution in [1.82, 2.24) is 14.9 Å². The fourth-order valence-corrected chi connectivity index (χ4v) is 3.26. The van der Waals surface area contributed by atoms with Gasteiger partial charge in [0.2, 0.25) is 5.78 Å². The van der Waals surface area contributed by atoms with Crippen molar-refractivity contribution in [3.63, 3.8) is 0 Å². The molecule has 3 aromatic rings. The third-order valence-corrected chi connectivity index (χ3v) is 4.75. The molecule has 148 valence electrons. The molecule has 2 N–H and O–H groups in total. The van der Waals surface area contributed by atoms with Gasteiger partial charge in [-0.15, -0.1) is 0 Å². The van der Waals surface area contributed by atoms with Gasteiger partial charge in [-0.3, -0.25) is 10.1 Å². The van der Waals surface area contributed by atoms with E-state index in [1.165, 1.54) is 6.08 Å². The van der Waals surface area contributed by atoms with E-state index < -0.39 is 5.78 Å². The normalized spacial score (nSPS) is 12.7. The number of benzene rings is 2. The van der Waals surface area contributed by atoms with Crippen LogP contribution in [0.15, 0.2) is 91.5 Å². The Morgan fingerprint density at radius 3 is 2.24 bits per heavy atom. The number of aliphatic hydroxyl groups is 1. The van der Waals surface area contributed by atoms with Gasteiger partial charge in [0.15, 0.2) is 5.76 Å². The minimum absolute atomic E-state index is 0.0232. The minimum Gasteiger partial charge on any atom is -0.504 e. The highest BCUT2D eigenvalue weighted by molar-refractivity contribution is 6.04. The average Bonchev–Trinajstić information content (AvgIpc) is 3.23. The molecule has 1 heterocycles. The molecule has 0 bridgehead atoms.